The highest BCUT2D eigenvalue weighted by Crippen LogP contribution is 2.32. The first-order valence-electron chi connectivity index (χ1n) is 4.80. The minimum absolute atomic E-state index is 0.0918. The first-order valence-corrected chi connectivity index (χ1v) is 5.18. The van der Waals surface area contributed by atoms with E-state index in [1.165, 1.54) is 6.20 Å². The zero-order valence-corrected chi connectivity index (χ0v) is 9.04. The minimum atomic E-state index is -1.13. The van der Waals surface area contributed by atoms with Gasteiger partial charge in [-0.05, 0) is 19.3 Å². The lowest BCUT2D eigenvalue weighted by atomic mass is 9.76. The number of halogens is 1. The Hall–Kier alpha value is -1.56. The summed E-state index contributed by atoms with van der Waals surface area (Å²) in [5.74, 6) is -1.55. The van der Waals surface area contributed by atoms with Gasteiger partial charge in [-0.1, -0.05) is 11.6 Å². The van der Waals surface area contributed by atoms with Crippen LogP contribution in [0.1, 0.15) is 29.8 Å². The molecule has 0 aromatic carbocycles. The standard InChI is InChI=1S/C9H10ClN3O3/c10-5-4-11-13-6(5)7(14)12-9(8(15)16)2-1-3-9/h4H,1-3H2,(H,11,13)(H,12,14)(H,15,16). The topological polar surface area (TPSA) is 95.1 Å². The van der Waals surface area contributed by atoms with Crippen molar-refractivity contribution in [1.29, 1.82) is 0 Å². The van der Waals surface area contributed by atoms with Gasteiger partial charge in [0.25, 0.3) is 5.91 Å². The normalized spacial score (nSPS) is 17.6. The highest BCUT2D eigenvalue weighted by molar-refractivity contribution is 6.33. The summed E-state index contributed by atoms with van der Waals surface area (Å²) in [7, 11) is 0. The predicted octanol–water partition coefficient (Wildman–Crippen LogP) is 0.800. The molecule has 6 nitrogen and oxygen atoms in total. The number of hydrogen-bond acceptors (Lipinski definition) is 3. The largest absolute Gasteiger partial charge is 0.480 e. The summed E-state index contributed by atoms with van der Waals surface area (Å²) in [6.45, 7) is 0. The molecule has 2 rings (SSSR count). The first-order chi connectivity index (χ1) is 7.55. The molecule has 0 spiro atoms. The summed E-state index contributed by atoms with van der Waals surface area (Å²) < 4.78 is 0. The van der Waals surface area contributed by atoms with Crippen LogP contribution in [0.5, 0.6) is 0 Å². The SMILES string of the molecule is O=C(NC1(C(=O)O)CCC1)c1[nH]ncc1Cl. The van der Waals surface area contributed by atoms with E-state index in [2.05, 4.69) is 15.5 Å². The molecule has 1 aromatic rings. The third kappa shape index (κ3) is 1.65. The highest BCUT2D eigenvalue weighted by Gasteiger charge is 2.46. The van der Waals surface area contributed by atoms with Crippen LogP contribution in [-0.2, 0) is 4.79 Å². The molecule has 0 aliphatic heterocycles. The van der Waals surface area contributed by atoms with Crippen molar-refractivity contribution in [3.8, 4) is 0 Å². The van der Waals surface area contributed by atoms with Crippen LogP contribution in [0.15, 0.2) is 6.20 Å². The van der Waals surface area contributed by atoms with E-state index in [0.29, 0.717) is 12.8 Å². The number of aromatic amines is 1. The van der Waals surface area contributed by atoms with E-state index in [4.69, 9.17) is 16.7 Å². The van der Waals surface area contributed by atoms with Gasteiger partial charge in [-0.25, -0.2) is 4.79 Å². The molecule has 0 unspecified atom stereocenters. The molecule has 0 bridgehead atoms. The number of rotatable bonds is 3. The predicted molar refractivity (Wildman–Crippen MR) is 55.3 cm³/mol. The Labute approximate surface area is 96.0 Å². The summed E-state index contributed by atoms with van der Waals surface area (Å²) in [6, 6.07) is 0. The lowest BCUT2D eigenvalue weighted by Crippen LogP contribution is -2.59. The third-order valence-corrected chi connectivity index (χ3v) is 3.08. The second-order valence-electron chi connectivity index (χ2n) is 3.79. The van der Waals surface area contributed by atoms with Gasteiger partial charge in [0.05, 0.1) is 11.2 Å². The molecule has 86 valence electrons. The van der Waals surface area contributed by atoms with Crippen LogP contribution >= 0.6 is 11.6 Å². The molecule has 1 saturated carbocycles. The summed E-state index contributed by atoms with van der Waals surface area (Å²) in [4.78, 5) is 22.7. The maximum Gasteiger partial charge on any atom is 0.329 e. The fraction of sp³-hybridized carbons (Fsp3) is 0.444. The van der Waals surface area contributed by atoms with Crippen LogP contribution in [-0.4, -0.2) is 32.7 Å². The molecule has 1 amide bonds. The quantitative estimate of drug-likeness (QED) is 0.732. The van der Waals surface area contributed by atoms with Crippen LogP contribution in [0.2, 0.25) is 5.02 Å². The fourth-order valence-corrected chi connectivity index (χ4v) is 1.81. The van der Waals surface area contributed by atoms with Crippen LogP contribution in [0.4, 0.5) is 0 Å². The van der Waals surface area contributed by atoms with E-state index in [1.54, 1.807) is 0 Å². The van der Waals surface area contributed by atoms with Crippen LogP contribution in [0.3, 0.4) is 0 Å². The summed E-state index contributed by atoms with van der Waals surface area (Å²) in [5.41, 5.74) is -1.04. The van der Waals surface area contributed by atoms with Gasteiger partial charge in [0.2, 0.25) is 0 Å². The number of H-pyrrole nitrogens is 1. The Morgan fingerprint density at radius 1 is 1.56 bits per heavy atom. The Morgan fingerprint density at radius 2 is 2.25 bits per heavy atom. The average Bonchev–Trinajstić information content (AvgIpc) is 2.57. The lowest BCUT2D eigenvalue weighted by Gasteiger charge is -2.38. The minimum Gasteiger partial charge on any atom is -0.480 e. The molecular weight excluding hydrogens is 234 g/mol. The lowest BCUT2D eigenvalue weighted by molar-refractivity contribution is -0.148. The van der Waals surface area contributed by atoms with Crippen molar-refractivity contribution in [2.75, 3.05) is 0 Å². The molecule has 16 heavy (non-hydrogen) atoms. The molecule has 1 fully saturated rings. The second-order valence-corrected chi connectivity index (χ2v) is 4.20. The zero-order chi connectivity index (χ0) is 11.8. The van der Waals surface area contributed by atoms with Crippen LogP contribution < -0.4 is 5.32 Å². The van der Waals surface area contributed by atoms with Gasteiger partial charge < -0.3 is 10.4 Å². The third-order valence-electron chi connectivity index (χ3n) is 2.79. The summed E-state index contributed by atoms with van der Waals surface area (Å²) in [5, 5.41) is 17.7. The maximum atomic E-state index is 11.7. The van der Waals surface area contributed by atoms with Crippen molar-refractivity contribution in [2.24, 2.45) is 0 Å². The Bertz CT molecular complexity index is 439. The molecule has 1 heterocycles. The van der Waals surface area contributed by atoms with Gasteiger partial charge in [-0.2, -0.15) is 5.10 Å². The van der Waals surface area contributed by atoms with Crippen LogP contribution in [0, 0.1) is 0 Å². The molecule has 3 N–H and O–H groups in total. The molecule has 1 aliphatic rings. The molecule has 1 aliphatic carbocycles. The Morgan fingerprint density at radius 3 is 2.62 bits per heavy atom. The Kier molecular flexibility index (Phi) is 2.59. The number of nitrogens with zero attached hydrogens (tertiary/aromatic N) is 1. The van der Waals surface area contributed by atoms with Gasteiger partial charge >= 0.3 is 5.97 Å². The van der Waals surface area contributed by atoms with E-state index in [1.807, 2.05) is 0 Å². The number of carboxylic acids is 1. The van der Waals surface area contributed by atoms with Gasteiger partial charge in [0.15, 0.2) is 0 Å². The fourth-order valence-electron chi connectivity index (χ4n) is 1.63. The van der Waals surface area contributed by atoms with E-state index >= 15 is 0 Å². The van der Waals surface area contributed by atoms with E-state index in [0.717, 1.165) is 6.42 Å². The number of carboxylic acid groups (broad SMARTS) is 1. The zero-order valence-electron chi connectivity index (χ0n) is 8.29. The van der Waals surface area contributed by atoms with E-state index in [-0.39, 0.29) is 10.7 Å². The molecule has 0 atom stereocenters. The van der Waals surface area contributed by atoms with Gasteiger partial charge in [0, 0.05) is 0 Å². The molecule has 0 radical (unpaired) electrons. The molecule has 7 heteroatoms. The maximum absolute atomic E-state index is 11.7. The van der Waals surface area contributed by atoms with Crippen molar-refractivity contribution in [1.82, 2.24) is 15.5 Å². The number of amides is 1. The van der Waals surface area contributed by atoms with Gasteiger partial charge in [-0.3, -0.25) is 9.89 Å². The highest BCUT2D eigenvalue weighted by atomic mass is 35.5. The number of carbonyl (C=O) groups excluding carboxylic acids is 1. The van der Waals surface area contributed by atoms with Crippen molar-refractivity contribution in [3.05, 3.63) is 16.9 Å². The van der Waals surface area contributed by atoms with Crippen molar-refractivity contribution in [3.63, 3.8) is 0 Å². The van der Waals surface area contributed by atoms with Crippen molar-refractivity contribution < 1.29 is 14.7 Å². The van der Waals surface area contributed by atoms with Crippen LogP contribution in [0.25, 0.3) is 0 Å². The molecule has 0 saturated heterocycles. The number of nitrogens with one attached hydrogen (secondary N) is 2. The van der Waals surface area contributed by atoms with E-state index in [9.17, 15) is 9.59 Å². The summed E-state index contributed by atoms with van der Waals surface area (Å²) >= 11 is 5.70. The molecule has 1 aromatic heterocycles. The van der Waals surface area contributed by atoms with Gasteiger partial charge in [-0.15, -0.1) is 0 Å². The summed E-state index contributed by atoms with van der Waals surface area (Å²) in [6.07, 6.45) is 2.98. The Balaban J connectivity index is 2.13. The van der Waals surface area contributed by atoms with Crippen molar-refractivity contribution in [2.45, 2.75) is 24.8 Å². The van der Waals surface area contributed by atoms with E-state index < -0.39 is 17.4 Å². The number of aromatic nitrogens is 2. The second kappa shape index (κ2) is 3.79. The van der Waals surface area contributed by atoms with Crippen molar-refractivity contribution >= 4 is 23.5 Å². The first kappa shape index (κ1) is 10.9. The number of aliphatic carboxylic acids is 1. The smallest absolute Gasteiger partial charge is 0.329 e. The van der Waals surface area contributed by atoms with Gasteiger partial charge in [0.1, 0.15) is 11.2 Å². The average molecular weight is 244 g/mol. The number of carbonyl (C=O) groups is 2. The number of hydrogen-bond donors (Lipinski definition) is 3. The molecular formula is C9H10ClN3O3. The monoisotopic (exact) mass is 243 g/mol.